The number of carbonyl (C=O) groups is 2. The van der Waals surface area contributed by atoms with E-state index in [2.05, 4.69) is 16.1 Å². The van der Waals surface area contributed by atoms with E-state index >= 15 is 0 Å². The normalized spacial score (nSPS) is 8.60. The summed E-state index contributed by atoms with van der Waals surface area (Å²) in [4.78, 5) is 24.3. The lowest BCUT2D eigenvalue weighted by Crippen LogP contribution is -2.35. The minimum Gasteiger partial charge on any atom is -0.372 e. The molecule has 0 aliphatic rings. The predicted octanol–water partition coefficient (Wildman–Crippen LogP) is -2.52. The lowest BCUT2D eigenvalue weighted by Gasteiger charge is -1.98. The Balaban J connectivity index is 3.35. The lowest BCUT2D eigenvalue weighted by atomic mass is 10.5. The first-order valence-electron chi connectivity index (χ1n) is 2.57. The second-order valence-corrected chi connectivity index (χ2v) is 1.47. The summed E-state index contributed by atoms with van der Waals surface area (Å²) in [5, 5.41) is 2.16. The van der Waals surface area contributed by atoms with Crippen molar-refractivity contribution in [3.8, 4) is 0 Å². The molecule has 0 aromatic rings. The molecular weight excluding hydrogens is 138 g/mol. The van der Waals surface area contributed by atoms with Crippen LogP contribution in [0.25, 0.3) is 0 Å². The van der Waals surface area contributed by atoms with E-state index in [0.717, 1.165) is 0 Å². The van der Waals surface area contributed by atoms with Crippen molar-refractivity contribution in [2.24, 2.45) is 11.6 Å². The van der Waals surface area contributed by atoms with Crippen LogP contribution in [-0.4, -0.2) is 25.0 Å². The number of hydrogen-bond acceptors (Lipinski definition) is 5. The highest BCUT2D eigenvalue weighted by Crippen LogP contribution is 1.65. The molecule has 1 amide bonds. The third kappa shape index (κ3) is 3.81. The average Bonchev–Trinajstić information content (AvgIpc) is 1.99. The van der Waals surface area contributed by atoms with Crippen molar-refractivity contribution in [2.75, 3.05) is 13.1 Å². The van der Waals surface area contributed by atoms with E-state index in [1.165, 1.54) is 0 Å². The first kappa shape index (κ1) is 8.86. The molecule has 10 heavy (non-hydrogen) atoms. The molecule has 0 unspecified atom stereocenters. The first-order chi connectivity index (χ1) is 4.70. The maximum absolute atomic E-state index is 10.3. The van der Waals surface area contributed by atoms with Crippen LogP contribution in [0.1, 0.15) is 0 Å². The minimum atomic E-state index is -0.707. The number of amides is 1. The van der Waals surface area contributed by atoms with Crippen LogP contribution < -0.4 is 16.9 Å². The van der Waals surface area contributed by atoms with Gasteiger partial charge >= 0.3 is 5.97 Å². The Morgan fingerprint density at radius 2 is 2.10 bits per heavy atom. The van der Waals surface area contributed by atoms with Crippen LogP contribution >= 0.6 is 0 Å². The van der Waals surface area contributed by atoms with E-state index in [0.29, 0.717) is 0 Å². The Bertz CT molecular complexity index is 120. The van der Waals surface area contributed by atoms with Gasteiger partial charge in [-0.1, -0.05) is 0 Å². The topological polar surface area (TPSA) is 107 Å². The van der Waals surface area contributed by atoms with Gasteiger partial charge in [-0.15, -0.1) is 0 Å². The van der Waals surface area contributed by atoms with Gasteiger partial charge in [0.05, 0.1) is 6.54 Å². The molecule has 0 aliphatic carbocycles. The van der Waals surface area contributed by atoms with Gasteiger partial charge in [0.2, 0.25) is 5.91 Å². The number of carbonyl (C=O) groups excluding carboxylic acids is 2. The van der Waals surface area contributed by atoms with E-state index in [9.17, 15) is 9.59 Å². The predicted molar refractivity (Wildman–Crippen MR) is 32.3 cm³/mol. The second kappa shape index (κ2) is 4.71. The zero-order valence-electron chi connectivity index (χ0n) is 5.29. The molecule has 0 bridgehead atoms. The van der Waals surface area contributed by atoms with Gasteiger partial charge in [0.1, 0.15) is 6.54 Å². The third-order valence-electron chi connectivity index (χ3n) is 0.747. The fourth-order valence-corrected chi connectivity index (χ4v) is 0.285. The third-order valence-corrected chi connectivity index (χ3v) is 0.747. The minimum absolute atomic E-state index is 0.155. The maximum atomic E-state index is 10.3. The zero-order valence-corrected chi connectivity index (χ0v) is 5.29. The highest BCUT2D eigenvalue weighted by molar-refractivity contribution is 5.82. The number of nitrogens with one attached hydrogen (secondary N) is 1. The second-order valence-electron chi connectivity index (χ2n) is 1.47. The largest absolute Gasteiger partial charge is 0.372 e. The SMILES string of the molecule is NCC(=O)NCC(=O)ON. The molecule has 5 N–H and O–H groups in total. The number of nitrogens with two attached hydrogens (primary N) is 2. The summed E-state index contributed by atoms with van der Waals surface area (Å²) >= 11 is 0. The van der Waals surface area contributed by atoms with E-state index < -0.39 is 11.9 Å². The molecule has 6 nitrogen and oxygen atoms in total. The monoisotopic (exact) mass is 147 g/mol. The van der Waals surface area contributed by atoms with Crippen molar-refractivity contribution in [3.05, 3.63) is 0 Å². The number of hydrogen-bond donors (Lipinski definition) is 3. The Morgan fingerprint density at radius 3 is 2.50 bits per heavy atom. The standard InChI is InChI=1S/C4H9N3O3/c5-1-3(8)7-2-4(9)10-6/h1-2,5-6H2,(H,7,8). The van der Waals surface area contributed by atoms with Gasteiger partial charge in [0.25, 0.3) is 0 Å². The average molecular weight is 147 g/mol. The molecule has 6 heteroatoms. The van der Waals surface area contributed by atoms with Crippen LogP contribution in [0.2, 0.25) is 0 Å². The number of rotatable bonds is 3. The molecular formula is C4H9N3O3. The first-order valence-corrected chi connectivity index (χ1v) is 2.57. The summed E-state index contributed by atoms with van der Waals surface area (Å²) in [6.45, 7) is -0.398. The van der Waals surface area contributed by atoms with Crippen LogP contribution in [0, 0.1) is 0 Å². The fourth-order valence-electron chi connectivity index (χ4n) is 0.285. The summed E-state index contributed by atoms with van der Waals surface area (Å²) in [7, 11) is 0. The van der Waals surface area contributed by atoms with Crippen LogP contribution in [0.5, 0.6) is 0 Å². The van der Waals surface area contributed by atoms with Crippen molar-refractivity contribution < 1.29 is 14.4 Å². The summed E-state index contributed by atoms with van der Waals surface area (Å²) in [6, 6.07) is 0. The van der Waals surface area contributed by atoms with Gasteiger partial charge in [-0.3, -0.25) is 4.79 Å². The van der Waals surface area contributed by atoms with E-state index in [-0.39, 0.29) is 13.1 Å². The van der Waals surface area contributed by atoms with Crippen LogP contribution in [-0.2, 0) is 14.4 Å². The molecule has 0 spiro atoms. The molecule has 0 aromatic carbocycles. The van der Waals surface area contributed by atoms with Gasteiger partial charge in [-0.2, -0.15) is 5.90 Å². The van der Waals surface area contributed by atoms with Gasteiger partial charge in [0, 0.05) is 0 Å². The Kier molecular flexibility index (Phi) is 4.17. The molecule has 0 heterocycles. The summed E-state index contributed by atoms with van der Waals surface area (Å²) in [5.74, 6) is 3.34. The highest BCUT2D eigenvalue weighted by Gasteiger charge is 2.01. The van der Waals surface area contributed by atoms with E-state index in [4.69, 9.17) is 5.73 Å². The summed E-state index contributed by atoms with van der Waals surface area (Å²) in [6.07, 6.45) is 0. The molecule has 0 rings (SSSR count). The van der Waals surface area contributed by atoms with Crippen LogP contribution in [0.3, 0.4) is 0 Å². The molecule has 0 radical (unpaired) electrons. The Hall–Kier alpha value is -1.14. The summed E-state index contributed by atoms with van der Waals surface area (Å²) in [5.41, 5.74) is 4.90. The molecule has 58 valence electrons. The lowest BCUT2D eigenvalue weighted by molar-refractivity contribution is -0.144. The van der Waals surface area contributed by atoms with Gasteiger partial charge < -0.3 is 15.9 Å². The van der Waals surface area contributed by atoms with Crippen molar-refractivity contribution in [1.29, 1.82) is 0 Å². The Morgan fingerprint density at radius 1 is 1.50 bits per heavy atom. The van der Waals surface area contributed by atoms with Crippen molar-refractivity contribution in [2.45, 2.75) is 0 Å². The van der Waals surface area contributed by atoms with Crippen LogP contribution in [0.15, 0.2) is 0 Å². The van der Waals surface area contributed by atoms with Crippen molar-refractivity contribution >= 4 is 11.9 Å². The van der Waals surface area contributed by atoms with Gasteiger partial charge in [0.15, 0.2) is 0 Å². The van der Waals surface area contributed by atoms with E-state index in [1.54, 1.807) is 0 Å². The fraction of sp³-hybridized carbons (Fsp3) is 0.500. The van der Waals surface area contributed by atoms with Gasteiger partial charge in [-0.05, 0) is 0 Å². The smallest absolute Gasteiger partial charge is 0.343 e. The van der Waals surface area contributed by atoms with E-state index in [1.807, 2.05) is 0 Å². The van der Waals surface area contributed by atoms with Gasteiger partial charge in [-0.25, -0.2) is 4.79 Å². The zero-order chi connectivity index (χ0) is 7.98. The van der Waals surface area contributed by atoms with Crippen molar-refractivity contribution in [3.63, 3.8) is 0 Å². The molecule has 0 fully saturated rings. The van der Waals surface area contributed by atoms with Crippen LogP contribution in [0.4, 0.5) is 0 Å². The quantitative estimate of drug-likeness (QED) is 0.382. The van der Waals surface area contributed by atoms with Crippen molar-refractivity contribution in [1.82, 2.24) is 5.32 Å². The molecule has 0 aliphatic heterocycles. The molecule has 0 saturated heterocycles. The maximum Gasteiger partial charge on any atom is 0.343 e. The Labute approximate surface area is 57.5 Å². The molecule has 0 aromatic heterocycles. The highest BCUT2D eigenvalue weighted by atomic mass is 16.7. The molecule has 0 saturated carbocycles. The summed E-state index contributed by atoms with van der Waals surface area (Å²) < 4.78 is 0. The molecule has 0 atom stereocenters.